The van der Waals surface area contributed by atoms with Gasteiger partial charge in [-0.2, -0.15) is 4.98 Å². The van der Waals surface area contributed by atoms with E-state index in [1.54, 1.807) is 24.3 Å². The number of fused-ring (bicyclic) bond motifs is 4. The lowest BCUT2D eigenvalue weighted by Crippen LogP contribution is -2.54. The molecule has 1 aromatic heterocycles. The zero-order chi connectivity index (χ0) is 30.6. The van der Waals surface area contributed by atoms with E-state index in [1.165, 1.54) is 4.90 Å². The molecule has 4 rings (SSSR count). The van der Waals surface area contributed by atoms with Crippen LogP contribution in [0.25, 0.3) is 0 Å². The summed E-state index contributed by atoms with van der Waals surface area (Å²) in [5, 5.41) is 12.5. The average molecular weight is 597 g/mol. The summed E-state index contributed by atoms with van der Waals surface area (Å²) in [7, 11) is 0. The molecule has 2 aromatic rings. The van der Waals surface area contributed by atoms with E-state index < -0.39 is 18.0 Å². The second-order valence-electron chi connectivity index (χ2n) is 11.7. The SMILES string of the molecule is CC(C)CC1NC(=O)c2ccccc2OCc2noc(n2)CCCCCCCCNC(=O)CNC(=O)C2CCCN2C1=O. The number of carbonyl (C=O) groups excluding carboxylic acids is 4. The third-order valence-corrected chi connectivity index (χ3v) is 7.71. The van der Waals surface area contributed by atoms with Crippen molar-refractivity contribution in [1.29, 1.82) is 0 Å². The van der Waals surface area contributed by atoms with Crippen molar-refractivity contribution < 1.29 is 28.4 Å². The van der Waals surface area contributed by atoms with Crippen LogP contribution >= 0.6 is 0 Å². The van der Waals surface area contributed by atoms with Gasteiger partial charge in [-0.1, -0.05) is 56.8 Å². The summed E-state index contributed by atoms with van der Waals surface area (Å²) in [4.78, 5) is 58.6. The summed E-state index contributed by atoms with van der Waals surface area (Å²) in [5.41, 5.74) is 0.274. The molecule has 4 amide bonds. The highest BCUT2D eigenvalue weighted by molar-refractivity contribution is 6.00. The van der Waals surface area contributed by atoms with Gasteiger partial charge in [-0.25, -0.2) is 0 Å². The monoisotopic (exact) mass is 596 g/mol. The molecule has 2 bridgehead atoms. The van der Waals surface area contributed by atoms with Crippen LogP contribution in [0.15, 0.2) is 28.8 Å². The molecule has 12 heteroatoms. The van der Waals surface area contributed by atoms with E-state index in [-0.39, 0.29) is 42.4 Å². The lowest BCUT2D eigenvalue weighted by Gasteiger charge is -2.29. The van der Waals surface area contributed by atoms with Gasteiger partial charge in [0.05, 0.1) is 12.1 Å². The fraction of sp³-hybridized carbons (Fsp3) is 0.613. The number of hydrogen-bond acceptors (Lipinski definition) is 8. The molecule has 1 fully saturated rings. The first-order valence-electron chi connectivity index (χ1n) is 15.5. The van der Waals surface area contributed by atoms with Gasteiger partial charge in [0.2, 0.25) is 29.4 Å². The smallest absolute Gasteiger partial charge is 0.255 e. The minimum atomic E-state index is -0.837. The maximum absolute atomic E-state index is 13.8. The number of hydrogen-bond donors (Lipinski definition) is 3. The second kappa shape index (κ2) is 16.0. The van der Waals surface area contributed by atoms with E-state index in [0.29, 0.717) is 56.2 Å². The zero-order valence-electron chi connectivity index (χ0n) is 25.2. The number of rotatable bonds is 2. The highest BCUT2D eigenvalue weighted by Gasteiger charge is 2.38. The average Bonchev–Trinajstić information content (AvgIpc) is 3.67. The van der Waals surface area contributed by atoms with Gasteiger partial charge in [0, 0.05) is 19.5 Å². The highest BCUT2D eigenvalue weighted by Crippen LogP contribution is 2.23. The largest absolute Gasteiger partial charge is 0.485 e. The molecular formula is C31H44N6O6. The Hall–Kier alpha value is -3.96. The van der Waals surface area contributed by atoms with Crippen LogP contribution in [-0.4, -0.2) is 70.4 Å². The van der Waals surface area contributed by atoms with Gasteiger partial charge in [0.1, 0.15) is 17.8 Å². The highest BCUT2D eigenvalue weighted by atomic mass is 16.5. The Morgan fingerprint density at radius 1 is 0.977 bits per heavy atom. The summed E-state index contributed by atoms with van der Waals surface area (Å²) in [6, 6.07) is 5.27. The molecule has 1 aromatic carbocycles. The Labute approximate surface area is 252 Å². The van der Waals surface area contributed by atoms with E-state index >= 15 is 0 Å². The minimum Gasteiger partial charge on any atom is -0.485 e. The molecule has 2 unspecified atom stereocenters. The van der Waals surface area contributed by atoms with E-state index in [0.717, 1.165) is 38.5 Å². The Morgan fingerprint density at radius 3 is 2.56 bits per heavy atom. The molecular weight excluding hydrogens is 552 g/mol. The number of benzene rings is 1. The molecule has 0 spiro atoms. The van der Waals surface area contributed by atoms with Crippen LogP contribution in [0.3, 0.4) is 0 Å². The van der Waals surface area contributed by atoms with Crippen molar-refractivity contribution >= 4 is 23.6 Å². The van der Waals surface area contributed by atoms with Crippen molar-refractivity contribution in [1.82, 2.24) is 31.0 Å². The minimum absolute atomic E-state index is 0.0310. The predicted octanol–water partition coefficient (Wildman–Crippen LogP) is 2.91. The standard InChI is InChI=1S/C31H44N6O6/c1-21(2)18-23-31(41)37-17-11-13-24(37)30(40)33-19-27(38)32-16-10-6-4-3-5-7-15-28-35-26(36-43-28)20-42-25-14-9-8-12-22(25)29(39)34-23/h8-9,12,14,21,23-24H,3-7,10-11,13,15-20H2,1-2H3,(H,32,38)(H,33,40)(H,34,39). The summed E-state index contributed by atoms with van der Waals surface area (Å²) in [6.45, 7) is 4.78. The molecule has 1 saturated heterocycles. The molecule has 2 aliphatic heterocycles. The Kier molecular flexibility index (Phi) is 11.9. The van der Waals surface area contributed by atoms with Crippen molar-refractivity contribution in [3.63, 3.8) is 0 Å². The lowest BCUT2D eigenvalue weighted by molar-refractivity contribution is -0.140. The van der Waals surface area contributed by atoms with Crippen LogP contribution in [0, 0.1) is 5.92 Å². The van der Waals surface area contributed by atoms with Gasteiger partial charge in [-0.15, -0.1) is 0 Å². The number of aromatic nitrogens is 2. The number of carbonyl (C=O) groups is 4. The fourth-order valence-corrected chi connectivity index (χ4v) is 5.49. The number of nitrogens with one attached hydrogen (secondary N) is 3. The number of amides is 4. The van der Waals surface area contributed by atoms with E-state index in [4.69, 9.17) is 9.26 Å². The van der Waals surface area contributed by atoms with Crippen molar-refractivity contribution in [2.45, 2.75) is 96.7 Å². The first-order valence-corrected chi connectivity index (χ1v) is 15.5. The normalized spacial score (nSPS) is 22.2. The molecule has 2 atom stereocenters. The number of ether oxygens (including phenoxy) is 1. The van der Waals surface area contributed by atoms with Crippen molar-refractivity contribution in [2.75, 3.05) is 19.6 Å². The molecule has 12 nitrogen and oxygen atoms in total. The second-order valence-corrected chi connectivity index (χ2v) is 11.7. The summed E-state index contributed by atoms with van der Waals surface area (Å²) < 4.78 is 11.3. The molecule has 234 valence electrons. The van der Waals surface area contributed by atoms with Crippen LogP contribution in [0.5, 0.6) is 5.75 Å². The van der Waals surface area contributed by atoms with E-state index in [9.17, 15) is 19.2 Å². The molecule has 2 aliphatic rings. The Bertz CT molecular complexity index is 1250. The van der Waals surface area contributed by atoms with Gasteiger partial charge in [0.15, 0.2) is 6.61 Å². The van der Waals surface area contributed by atoms with Gasteiger partial charge in [-0.3, -0.25) is 19.2 Å². The third kappa shape index (κ3) is 9.52. The number of nitrogens with zero attached hydrogens (tertiary/aromatic N) is 3. The van der Waals surface area contributed by atoms with Crippen molar-refractivity contribution in [2.24, 2.45) is 5.92 Å². The van der Waals surface area contributed by atoms with Crippen LogP contribution in [-0.2, 0) is 27.4 Å². The summed E-state index contributed by atoms with van der Waals surface area (Å²) in [5.74, 6) is -0.00995. The molecule has 3 heterocycles. The molecule has 3 N–H and O–H groups in total. The fourth-order valence-electron chi connectivity index (χ4n) is 5.49. The molecule has 0 aliphatic carbocycles. The van der Waals surface area contributed by atoms with Crippen LogP contribution in [0.1, 0.15) is 93.7 Å². The lowest BCUT2D eigenvalue weighted by atomic mass is 10.0. The maximum Gasteiger partial charge on any atom is 0.255 e. The van der Waals surface area contributed by atoms with Gasteiger partial charge >= 0.3 is 0 Å². The van der Waals surface area contributed by atoms with Crippen molar-refractivity contribution in [3.05, 3.63) is 41.5 Å². The maximum atomic E-state index is 13.8. The molecule has 43 heavy (non-hydrogen) atoms. The first-order chi connectivity index (χ1) is 20.8. The van der Waals surface area contributed by atoms with Crippen molar-refractivity contribution in [3.8, 4) is 5.75 Å². The Morgan fingerprint density at radius 2 is 1.74 bits per heavy atom. The van der Waals surface area contributed by atoms with Gasteiger partial charge < -0.3 is 30.1 Å². The summed E-state index contributed by atoms with van der Waals surface area (Å²) in [6.07, 6.45) is 8.19. The summed E-state index contributed by atoms with van der Waals surface area (Å²) >= 11 is 0. The van der Waals surface area contributed by atoms with Crippen LogP contribution in [0.4, 0.5) is 0 Å². The number of aryl methyl sites for hydroxylation is 1. The quantitative estimate of drug-likeness (QED) is 0.478. The first kappa shape index (κ1) is 32.0. The zero-order valence-corrected chi connectivity index (χ0v) is 25.2. The van der Waals surface area contributed by atoms with Gasteiger partial charge in [-0.05, 0) is 50.2 Å². The number of para-hydroxylation sites is 1. The molecule has 0 saturated carbocycles. The Balaban J connectivity index is 1.51. The molecule has 0 radical (unpaired) electrons. The van der Waals surface area contributed by atoms with E-state index in [2.05, 4.69) is 26.1 Å². The van der Waals surface area contributed by atoms with E-state index in [1.807, 2.05) is 13.8 Å². The topological polar surface area (TPSA) is 156 Å². The van der Waals surface area contributed by atoms with Crippen LogP contribution in [0.2, 0.25) is 0 Å². The van der Waals surface area contributed by atoms with Crippen LogP contribution < -0.4 is 20.7 Å². The van der Waals surface area contributed by atoms with Gasteiger partial charge in [0.25, 0.3) is 5.91 Å². The predicted molar refractivity (Wildman–Crippen MR) is 158 cm³/mol. The third-order valence-electron chi connectivity index (χ3n) is 7.71.